The number of dihydropyridines is 1. The number of rotatable bonds is 9. The summed E-state index contributed by atoms with van der Waals surface area (Å²) in [4.78, 5) is 39.3. The Labute approximate surface area is 254 Å². The maximum Gasteiger partial charge on any atom is 0.253 e. The summed E-state index contributed by atoms with van der Waals surface area (Å²) in [7, 11) is 0. The summed E-state index contributed by atoms with van der Waals surface area (Å²) in [5.74, 6) is -2.63. The van der Waals surface area contributed by atoms with Gasteiger partial charge in [0, 0.05) is 17.2 Å². The number of benzene rings is 2. The van der Waals surface area contributed by atoms with Crippen LogP contribution in [0.3, 0.4) is 0 Å². The number of nitrogens with one attached hydrogen (secondary N) is 2. The van der Waals surface area contributed by atoms with Gasteiger partial charge in [-0.15, -0.1) is 11.8 Å². The van der Waals surface area contributed by atoms with E-state index in [9.17, 15) is 19.5 Å². The van der Waals surface area contributed by atoms with Crippen molar-refractivity contribution in [2.24, 2.45) is 11.7 Å². The van der Waals surface area contributed by atoms with Crippen molar-refractivity contribution in [3.05, 3.63) is 94.2 Å². The van der Waals surface area contributed by atoms with E-state index in [-0.39, 0.29) is 28.8 Å². The highest BCUT2D eigenvalue weighted by Gasteiger charge is 2.53. The Kier molecular flexibility index (Phi) is 9.43. The van der Waals surface area contributed by atoms with Gasteiger partial charge in [0.1, 0.15) is 12.1 Å². The van der Waals surface area contributed by atoms with Crippen LogP contribution in [0.2, 0.25) is 0 Å². The van der Waals surface area contributed by atoms with Crippen LogP contribution >= 0.6 is 35.0 Å². The molecular weight excluding hydrogens is 583 g/mol. The van der Waals surface area contributed by atoms with Crippen LogP contribution in [-0.2, 0) is 27.3 Å². The molecule has 4 atom stereocenters. The molecule has 0 aliphatic carbocycles. The van der Waals surface area contributed by atoms with Crippen LogP contribution < -0.4 is 16.4 Å². The lowest BCUT2D eigenvalue weighted by Gasteiger charge is -2.41. The highest BCUT2D eigenvalue weighted by atomic mass is 35.5. The molecule has 41 heavy (non-hydrogen) atoms. The zero-order valence-electron chi connectivity index (χ0n) is 23.1. The largest absolute Gasteiger partial charge is 0.383 e. The normalized spacial score (nSPS) is 23.1. The number of carbonyl (C=O) groups is 3. The van der Waals surface area contributed by atoms with E-state index in [1.54, 1.807) is 0 Å². The van der Waals surface area contributed by atoms with Crippen LogP contribution in [-0.4, -0.2) is 55.5 Å². The van der Waals surface area contributed by atoms with Crippen LogP contribution in [0.15, 0.2) is 77.5 Å². The van der Waals surface area contributed by atoms with E-state index in [0.717, 1.165) is 16.7 Å². The molecule has 11 heteroatoms. The van der Waals surface area contributed by atoms with E-state index >= 15 is 0 Å². The average Bonchev–Trinajstić information content (AvgIpc) is 3.27. The summed E-state index contributed by atoms with van der Waals surface area (Å²) in [6.07, 6.45) is 1.27. The molecule has 0 radical (unpaired) electrons. The monoisotopic (exact) mass is 616 g/mol. The molecule has 3 amide bonds. The van der Waals surface area contributed by atoms with Crippen LogP contribution in [0.1, 0.15) is 30.5 Å². The van der Waals surface area contributed by atoms with Gasteiger partial charge in [-0.1, -0.05) is 77.8 Å². The van der Waals surface area contributed by atoms with Gasteiger partial charge in [-0.05, 0) is 56.2 Å². The van der Waals surface area contributed by atoms with Crippen molar-refractivity contribution >= 4 is 52.7 Å². The van der Waals surface area contributed by atoms with E-state index in [1.807, 2.05) is 75.4 Å². The van der Waals surface area contributed by atoms with Gasteiger partial charge in [0.05, 0.1) is 16.5 Å². The number of carbonyl (C=O) groups excluding carboxylic acids is 3. The fourth-order valence-electron chi connectivity index (χ4n) is 5.22. The molecule has 1 fully saturated rings. The maximum absolute atomic E-state index is 14.0. The number of aliphatic hydroxyl groups is 1. The van der Waals surface area contributed by atoms with E-state index in [1.165, 1.54) is 28.9 Å². The van der Waals surface area contributed by atoms with Gasteiger partial charge in [0.25, 0.3) is 5.91 Å². The Morgan fingerprint density at radius 1 is 1.17 bits per heavy atom. The summed E-state index contributed by atoms with van der Waals surface area (Å²) >= 11 is 15.1. The molecule has 2 heterocycles. The van der Waals surface area contributed by atoms with Gasteiger partial charge in [-0.3, -0.25) is 14.4 Å². The topological polar surface area (TPSA) is 125 Å². The van der Waals surface area contributed by atoms with Gasteiger partial charge in [-0.2, -0.15) is 0 Å². The molecule has 2 aliphatic heterocycles. The summed E-state index contributed by atoms with van der Waals surface area (Å²) in [5, 5.41) is 17.5. The zero-order valence-corrected chi connectivity index (χ0v) is 25.4. The molecule has 4 rings (SSSR count). The Balaban J connectivity index is 1.64. The number of halogens is 2. The fraction of sp³-hybridized carbons (Fsp3) is 0.367. The third-order valence-corrected chi connectivity index (χ3v) is 10.2. The lowest BCUT2D eigenvalue weighted by molar-refractivity contribution is -0.149. The van der Waals surface area contributed by atoms with Crippen LogP contribution in [0.5, 0.6) is 0 Å². The SMILES string of the molecule is Cc1ccccc1CNC(=O)[C@H]1N(C(=O)[C@@H](O)[C@H](Cc2ccccc2)C2(Cl)NC=CC(C(N)=O)=C2Cl)CSC1(C)C. The summed E-state index contributed by atoms with van der Waals surface area (Å²) in [5.41, 5.74) is 8.30. The number of amides is 3. The number of aryl methyl sites for hydroxylation is 1. The second-order valence-corrected chi connectivity index (χ2v) is 13.3. The van der Waals surface area contributed by atoms with E-state index in [2.05, 4.69) is 10.6 Å². The van der Waals surface area contributed by atoms with Gasteiger partial charge in [0.15, 0.2) is 5.00 Å². The Bertz CT molecular complexity index is 1380. The minimum absolute atomic E-state index is 0.0237. The Morgan fingerprint density at radius 3 is 2.49 bits per heavy atom. The van der Waals surface area contributed by atoms with E-state index < -0.39 is 39.6 Å². The van der Waals surface area contributed by atoms with Gasteiger partial charge in [-0.25, -0.2) is 0 Å². The number of nitrogens with two attached hydrogens (primary N) is 1. The highest BCUT2D eigenvalue weighted by Crippen LogP contribution is 2.44. The molecule has 0 aromatic heterocycles. The summed E-state index contributed by atoms with van der Waals surface area (Å²) < 4.78 is -0.624. The molecule has 2 aromatic rings. The standard InChI is InChI=1S/C30H34Cl2N4O4S/c1-18-9-7-8-12-20(18)16-34-27(39)25-29(2,3)41-17-36(25)28(40)23(37)22(15-19-10-5-4-6-11-19)30(32)24(31)21(26(33)38)13-14-35-30/h4-14,22-23,25,35,37H,15-17H2,1-3H3,(H2,33,38)(H,34,39)/t22-,23-,25+,30?/m0/s1. The predicted octanol–water partition coefficient (Wildman–Crippen LogP) is 3.54. The lowest BCUT2D eigenvalue weighted by atomic mass is 9.83. The van der Waals surface area contributed by atoms with Gasteiger partial charge in [0.2, 0.25) is 11.8 Å². The number of primary amides is 1. The highest BCUT2D eigenvalue weighted by molar-refractivity contribution is 8.00. The Morgan fingerprint density at radius 2 is 1.83 bits per heavy atom. The molecule has 0 saturated carbocycles. The number of nitrogens with zero attached hydrogens (tertiary/aromatic N) is 1. The summed E-state index contributed by atoms with van der Waals surface area (Å²) in [6.45, 7) is 6.06. The molecular formula is C30H34Cl2N4O4S. The second-order valence-electron chi connectivity index (χ2n) is 10.8. The van der Waals surface area contributed by atoms with Crippen molar-refractivity contribution in [3.8, 4) is 0 Å². The summed E-state index contributed by atoms with van der Waals surface area (Å²) in [6, 6.07) is 16.1. The quantitative estimate of drug-likeness (QED) is 0.252. The molecule has 5 N–H and O–H groups in total. The predicted molar refractivity (Wildman–Crippen MR) is 163 cm³/mol. The van der Waals surface area contributed by atoms with Crippen molar-refractivity contribution in [1.82, 2.24) is 15.5 Å². The van der Waals surface area contributed by atoms with E-state index in [0.29, 0.717) is 6.54 Å². The second kappa shape index (κ2) is 12.5. The zero-order chi connectivity index (χ0) is 29.9. The number of hydrogen-bond acceptors (Lipinski definition) is 6. The third-order valence-electron chi connectivity index (χ3n) is 7.60. The van der Waals surface area contributed by atoms with Crippen LogP contribution in [0.4, 0.5) is 0 Å². The first kappa shape index (κ1) is 31.0. The van der Waals surface area contributed by atoms with Crippen molar-refractivity contribution < 1.29 is 19.5 Å². The molecule has 2 aromatic carbocycles. The first-order valence-electron chi connectivity index (χ1n) is 13.2. The van der Waals surface area contributed by atoms with Crippen molar-refractivity contribution in [2.75, 3.05) is 5.88 Å². The molecule has 0 spiro atoms. The first-order chi connectivity index (χ1) is 19.4. The van der Waals surface area contributed by atoms with Crippen molar-refractivity contribution in [2.45, 2.75) is 55.6 Å². The van der Waals surface area contributed by atoms with Crippen molar-refractivity contribution in [3.63, 3.8) is 0 Å². The third kappa shape index (κ3) is 6.43. The molecule has 8 nitrogen and oxygen atoms in total. The molecule has 2 aliphatic rings. The average molecular weight is 618 g/mol. The minimum Gasteiger partial charge on any atom is -0.383 e. The smallest absolute Gasteiger partial charge is 0.253 e. The van der Waals surface area contributed by atoms with E-state index in [4.69, 9.17) is 28.9 Å². The molecule has 218 valence electrons. The first-order valence-corrected chi connectivity index (χ1v) is 14.9. The number of alkyl halides is 1. The molecule has 0 bridgehead atoms. The fourth-order valence-corrected chi connectivity index (χ4v) is 7.07. The van der Waals surface area contributed by atoms with Crippen molar-refractivity contribution in [1.29, 1.82) is 0 Å². The lowest BCUT2D eigenvalue weighted by Crippen LogP contribution is -2.59. The Hall–Kier alpha value is -2.98. The number of aliphatic hydroxyl groups excluding tert-OH is 1. The van der Waals surface area contributed by atoms with Crippen LogP contribution in [0.25, 0.3) is 0 Å². The molecule has 1 saturated heterocycles. The number of thioether (sulfide) groups is 1. The number of hydrogen-bond donors (Lipinski definition) is 4. The van der Waals surface area contributed by atoms with Gasteiger partial charge < -0.3 is 26.4 Å². The van der Waals surface area contributed by atoms with Gasteiger partial charge >= 0.3 is 0 Å². The minimum atomic E-state index is -1.73. The molecule has 1 unspecified atom stereocenters. The van der Waals surface area contributed by atoms with Crippen LogP contribution in [0, 0.1) is 12.8 Å². The maximum atomic E-state index is 14.0.